The number of ether oxygens (including phenoxy) is 1. The van der Waals surface area contributed by atoms with Crippen molar-refractivity contribution in [3.05, 3.63) is 36.3 Å². The normalized spacial score (nSPS) is 14.8. The highest BCUT2D eigenvalue weighted by Crippen LogP contribution is 2.27. The summed E-state index contributed by atoms with van der Waals surface area (Å²) in [6, 6.07) is 7.93. The molecule has 0 aliphatic carbocycles. The molecule has 0 N–H and O–H groups in total. The van der Waals surface area contributed by atoms with Crippen LogP contribution in [0.2, 0.25) is 0 Å². The van der Waals surface area contributed by atoms with Crippen molar-refractivity contribution in [2.45, 2.75) is 20.4 Å². The van der Waals surface area contributed by atoms with Crippen molar-refractivity contribution in [1.29, 1.82) is 0 Å². The standard InChI is InChI=1S/C20H21N7O2/c1-3-26-17(13(2)28)22-16-18(25-8-10-29-11-9-25)23-20(24-19(16)26)27-15-7-5-4-6-14(15)12-21-27/h4-7,12H,3,8-11H2,1-2H3. The summed E-state index contributed by atoms with van der Waals surface area (Å²) < 4.78 is 9.08. The number of carbonyl (C=O) groups is 1. The third-order valence-electron chi connectivity index (χ3n) is 5.17. The van der Waals surface area contributed by atoms with E-state index in [4.69, 9.17) is 14.7 Å². The summed E-state index contributed by atoms with van der Waals surface area (Å²) in [5.41, 5.74) is 2.21. The van der Waals surface area contributed by atoms with E-state index in [1.54, 1.807) is 10.9 Å². The molecular weight excluding hydrogens is 370 g/mol. The first-order valence-corrected chi connectivity index (χ1v) is 9.72. The highest BCUT2D eigenvalue weighted by atomic mass is 16.5. The van der Waals surface area contributed by atoms with Crippen LogP contribution in [0.3, 0.4) is 0 Å². The molecule has 0 spiro atoms. The Labute approximate surface area is 166 Å². The first-order valence-electron chi connectivity index (χ1n) is 9.72. The number of anilines is 1. The number of hydrogen-bond donors (Lipinski definition) is 0. The molecule has 1 aromatic carbocycles. The van der Waals surface area contributed by atoms with E-state index >= 15 is 0 Å². The quantitative estimate of drug-likeness (QED) is 0.493. The average molecular weight is 391 g/mol. The minimum atomic E-state index is -0.0936. The number of rotatable bonds is 4. The Hall–Kier alpha value is -3.33. The van der Waals surface area contributed by atoms with E-state index in [0.29, 0.717) is 61.6 Å². The molecule has 0 radical (unpaired) electrons. The topological polar surface area (TPSA) is 91.0 Å². The fraction of sp³-hybridized carbons (Fsp3) is 0.350. The van der Waals surface area contributed by atoms with Crippen LogP contribution in [-0.2, 0) is 11.3 Å². The van der Waals surface area contributed by atoms with E-state index in [-0.39, 0.29) is 5.78 Å². The zero-order valence-electron chi connectivity index (χ0n) is 16.4. The second-order valence-corrected chi connectivity index (χ2v) is 6.97. The summed E-state index contributed by atoms with van der Waals surface area (Å²) in [6.07, 6.45) is 1.80. The second-order valence-electron chi connectivity index (χ2n) is 6.97. The molecule has 0 unspecified atom stereocenters. The van der Waals surface area contributed by atoms with Gasteiger partial charge in [-0.25, -0.2) is 4.98 Å². The number of hydrogen-bond acceptors (Lipinski definition) is 7. The van der Waals surface area contributed by atoms with Gasteiger partial charge in [0.05, 0.1) is 24.9 Å². The zero-order chi connectivity index (χ0) is 20.0. The van der Waals surface area contributed by atoms with Gasteiger partial charge in [0.2, 0.25) is 0 Å². The zero-order valence-corrected chi connectivity index (χ0v) is 16.4. The van der Waals surface area contributed by atoms with Crippen molar-refractivity contribution in [2.75, 3.05) is 31.2 Å². The van der Waals surface area contributed by atoms with Crippen molar-refractivity contribution in [2.24, 2.45) is 0 Å². The number of imidazole rings is 1. The lowest BCUT2D eigenvalue weighted by molar-refractivity contribution is 0.1000. The number of carbonyl (C=O) groups excluding carboxylic acids is 1. The van der Waals surface area contributed by atoms with Crippen LogP contribution in [0.5, 0.6) is 0 Å². The summed E-state index contributed by atoms with van der Waals surface area (Å²) in [5.74, 6) is 1.48. The van der Waals surface area contributed by atoms with Crippen molar-refractivity contribution < 1.29 is 9.53 Å². The van der Waals surface area contributed by atoms with E-state index in [0.717, 1.165) is 10.9 Å². The maximum Gasteiger partial charge on any atom is 0.255 e. The first kappa shape index (κ1) is 17.7. The largest absolute Gasteiger partial charge is 0.378 e. The molecule has 5 rings (SSSR count). The van der Waals surface area contributed by atoms with Crippen LogP contribution in [0, 0.1) is 0 Å². The van der Waals surface area contributed by atoms with Gasteiger partial charge in [0.25, 0.3) is 5.95 Å². The maximum atomic E-state index is 12.2. The van der Waals surface area contributed by atoms with Gasteiger partial charge in [-0.3, -0.25) is 4.79 Å². The van der Waals surface area contributed by atoms with Crippen LogP contribution >= 0.6 is 0 Å². The lowest BCUT2D eigenvalue weighted by atomic mass is 10.3. The SMILES string of the molecule is CCn1c(C(C)=O)nc2c(N3CCOCC3)nc(-n3ncc4ccccc43)nc21. The molecule has 9 heteroatoms. The summed E-state index contributed by atoms with van der Waals surface area (Å²) >= 11 is 0. The van der Waals surface area contributed by atoms with Crippen LogP contribution < -0.4 is 4.90 Å². The van der Waals surface area contributed by atoms with Crippen molar-refractivity contribution in [3.8, 4) is 5.95 Å². The average Bonchev–Trinajstić information content (AvgIpc) is 3.35. The summed E-state index contributed by atoms with van der Waals surface area (Å²) in [6.45, 7) is 6.76. The van der Waals surface area contributed by atoms with Gasteiger partial charge in [0, 0.05) is 31.9 Å². The van der Waals surface area contributed by atoms with E-state index < -0.39 is 0 Å². The van der Waals surface area contributed by atoms with Crippen LogP contribution in [0.4, 0.5) is 5.82 Å². The Balaban J connectivity index is 1.79. The number of nitrogens with zero attached hydrogens (tertiary/aromatic N) is 7. The van der Waals surface area contributed by atoms with E-state index in [2.05, 4.69) is 15.0 Å². The van der Waals surface area contributed by atoms with E-state index in [9.17, 15) is 4.79 Å². The van der Waals surface area contributed by atoms with Crippen molar-refractivity contribution >= 4 is 33.7 Å². The van der Waals surface area contributed by atoms with E-state index in [1.807, 2.05) is 35.8 Å². The lowest BCUT2D eigenvalue weighted by Crippen LogP contribution is -2.37. The predicted molar refractivity (Wildman–Crippen MR) is 109 cm³/mol. The van der Waals surface area contributed by atoms with Crippen LogP contribution in [0.1, 0.15) is 24.5 Å². The Kier molecular flexibility index (Phi) is 4.24. The molecule has 0 amide bonds. The third kappa shape index (κ3) is 2.85. The van der Waals surface area contributed by atoms with Gasteiger partial charge in [-0.05, 0) is 13.0 Å². The predicted octanol–water partition coefficient (Wildman–Crippen LogP) is 2.22. The Morgan fingerprint density at radius 3 is 2.69 bits per heavy atom. The molecule has 9 nitrogen and oxygen atoms in total. The first-order chi connectivity index (χ1) is 14.2. The van der Waals surface area contributed by atoms with Gasteiger partial charge in [0.15, 0.2) is 28.6 Å². The molecule has 0 saturated carbocycles. The summed E-state index contributed by atoms with van der Waals surface area (Å²) in [5, 5.41) is 5.52. The highest BCUT2D eigenvalue weighted by Gasteiger charge is 2.24. The van der Waals surface area contributed by atoms with Crippen molar-refractivity contribution in [3.63, 3.8) is 0 Å². The summed E-state index contributed by atoms with van der Waals surface area (Å²) in [7, 11) is 0. The van der Waals surface area contributed by atoms with E-state index in [1.165, 1.54) is 6.92 Å². The third-order valence-corrected chi connectivity index (χ3v) is 5.17. The fourth-order valence-electron chi connectivity index (χ4n) is 3.76. The molecule has 4 heterocycles. The van der Waals surface area contributed by atoms with Crippen LogP contribution in [-0.4, -0.2) is 61.4 Å². The number of ketones is 1. The number of morpholine rings is 1. The monoisotopic (exact) mass is 391 g/mol. The molecule has 1 aliphatic rings. The molecule has 1 aliphatic heterocycles. The molecule has 1 saturated heterocycles. The minimum Gasteiger partial charge on any atom is -0.378 e. The highest BCUT2D eigenvalue weighted by molar-refractivity contribution is 5.96. The van der Waals surface area contributed by atoms with Gasteiger partial charge in [-0.2, -0.15) is 19.7 Å². The number of Topliss-reactive ketones (excluding diaryl/α,β-unsaturated/α-hetero) is 1. The van der Waals surface area contributed by atoms with Gasteiger partial charge in [0.1, 0.15) is 0 Å². The van der Waals surface area contributed by atoms with Crippen LogP contribution in [0.15, 0.2) is 30.5 Å². The Morgan fingerprint density at radius 1 is 1.14 bits per heavy atom. The maximum absolute atomic E-state index is 12.2. The molecule has 1 fully saturated rings. The van der Waals surface area contributed by atoms with Gasteiger partial charge in [-0.15, -0.1) is 0 Å². The Bertz CT molecular complexity index is 1220. The number of para-hydroxylation sites is 1. The number of aromatic nitrogens is 6. The Morgan fingerprint density at radius 2 is 1.93 bits per heavy atom. The van der Waals surface area contributed by atoms with Gasteiger partial charge >= 0.3 is 0 Å². The summed E-state index contributed by atoms with van der Waals surface area (Å²) in [4.78, 5) is 28.6. The second kappa shape index (κ2) is 6.93. The molecule has 3 aromatic heterocycles. The minimum absolute atomic E-state index is 0.0936. The number of fused-ring (bicyclic) bond motifs is 2. The molecule has 0 atom stereocenters. The lowest BCUT2D eigenvalue weighted by Gasteiger charge is -2.28. The molecule has 29 heavy (non-hydrogen) atoms. The molecular formula is C20H21N7O2. The fourth-order valence-corrected chi connectivity index (χ4v) is 3.76. The van der Waals surface area contributed by atoms with Crippen LogP contribution in [0.25, 0.3) is 28.0 Å². The molecule has 148 valence electrons. The smallest absolute Gasteiger partial charge is 0.255 e. The van der Waals surface area contributed by atoms with Crippen molar-refractivity contribution in [1.82, 2.24) is 29.3 Å². The molecule has 0 bridgehead atoms. The van der Waals surface area contributed by atoms with Gasteiger partial charge in [-0.1, -0.05) is 18.2 Å². The molecule has 4 aromatic rings. The number of benzene rings is 1. The van der Waals surface area contributed by atoms with Gasteiger partial charge < -0.3 is 14.2 Å². The number of aryl methyl sites for hydroxylation is 1.